The molecule has 4 fully saturated rings. The maximum atomic E-state index is 14.0. The fourth-order valence-electron chi connectivity index (χ4n) is 11.8. The molecule has 19 nitrogen and oxygen atoms in total. The van der Waals surface area contributed by atoms with Crippen LogP contribution in [0.5, 0.6) is 11.8 Å². The van der Waals surface area contributed by atoms with Gasteiger partial charge in [-0.05, 0) is 128 Å². The maximum absolute atomic E-state index is 14.0. The van der Waals surface area contributed by atoms with Crippen LogP contribution < -0.4 is 20.9 Å². The summed E-state index contributed by atoms with van der Waals surface area (Å²) in [6, 6.07) is 2.03. The molecule has 2 aromatic carbocycles. The van der Waals surface area contributed by atoms with Crippen molar-refractivity contribution >= 4 is 109 Å². The Bertz CT molecular complexity index is 3210. The number of Topliss-reactive ketones (excluding diaryl/α,β-unsaturated/α-hetero) is 2. The normalized spacial score (nSPS) is 28.9. The molecular formula is C61H79Br2F2N8O11Sn. The van der Waals surface area contributed by atoms with Crippen LogP contribution in [0.25, 0.3) is 22.1 Å². The molecule has 2 aliphatic carbocycles. The van der Waals surface area contributed by atoms with Crippen molar-refractivity contribution in [1.82, 2.24) is 29.7 Å². The van der Waals surface area contributed by atoms with Crippen LogP contribution in [0.15, 0.2) is 57.5 Å². The Morgan fingerprint density at radius 3 is 1.52 bits per heavy atom. The number of benzene rings is 2. The number of amides is 2. The van der Waals surface area contributed by atoms with Crippen LogP contribution >= 0.6 is 31.9 Å². The number of carboxylic acid groups (broad SMARTS) is 1. The van der Waals surface area contributed by atoms with Gasteiger partial charge in [-0.15, -0.1) is 0 Å². The molecule has 461 valence electrons. The van der Waals surface area contributed by atoms with E-state index in [1.54, 1.807) is 20.8 Å². The van der Waals surface area contributed by atoms with Crippen molar-refractivity contribution in [3.8, 4) is 11.8 Å². The minimum absolute atomic E-state index is 0. The quantitative estimate of drug-likeness (QED) is 0.0882. The molecule has 2 aromatic heterocycles. The van der Waals surface area contributed by atoms with Crippen LogP contribution in [0.1, 0.15) is 121 Å². The van der Waals surface area contributed by atoms with Crippen LogP contribution in [0, 0.1) is 48.1 Å². The number of fused-ring (bicyclic) bond motifs is 6. The number of nitrogens with two attached hydrogens (primary N) is 2. The number of hydrogen-bond donors (Lipinski definition) is 3. The van der Waals surface area contributed by atoms with E-state index in [-0.39, 0.29) is 104 Å². The van der Waals surface area contributed by atoms with E-state index in [1.807, 2.05) is 18.2 Å². The number of esters is 1. The second kappa shape index (κ2) is 29.3. The summed E-state index contributed by atoms with van der Waals surface area (Å²) < 4.78 is 46.7. The van der Waals surface area contributed by atoms with E-state index in [0.717, 1.165) is 51.4 Å². The number of carbonyl (C=O) groups excluding carboxylic acids is 5. The van der Waals surface area contributed by atoms with Gasteiger partial charge in [-0.25, -0.2) is 28.7 Å². The molecule has 24 heteroatoms. The Balaban J connectivity index is 0.000000227. The summed E-state index contributed by atoms with van der Waals surface area (Å²) in [6.45, 7) is 5.69. The molecule has 85 heavy (non-hydrogen) atoms. The third kappa shape index (κ3) is 16.2. The average molecular weight is 1420 g/mol. The molecule has 0 spiro atoms. The molecule has 0 unspecified atom stereocenters. The first-order valence-corrected chi connectivity index (χ1v) is 39.4. The predicted molar refractivity (Wildman–Crippen MR) is 325 cm³/mol. The van der Waals surface area contributed by atoms with Crippen molar-refractivity contribution in [2.75, 3.05) is 19.7 Å². The third-order valence-electron chi connectivity index (χ3n) is 16.5. The van der Waals surface area contributed by atoms with E-state index >= 15 is 0 Å². The van der Waals surface area contributed by atoms with Gasteiger partial charge in [0.15, 0.2) is 11.6 Å². The van der Waals surface area contributed by atoms with Crippen molar-refractivity contribution in [3.63, 3.8) is 0 Å². The number of carboxylic acids is 1. The van der Waals surface area contributed by atoms with E-state index in [4.69, 9.17) is 25.7 Å². The second-order valence-corrected chi connectivity index (χ2v) is 34.1. The van der Waals surface area contributed by atoms with Gasteiger partial charge in [-0.3, -0.25) is 28.8 Å². The Hall–Kier alpha value is -5.08. The van der Waals surface area contributed by atoms with Crippen LogP contribution in [-0.2, 0) is 33.5 Å². The van der Waals surface area contributed by atoms with Crippen LogP contribution in [-0.4, -0.2) is 151 Å². The standard InChI is InChI=1S/C30H36BrFN4O5.C28H32BrFN4O5.3CH3.H2O.Sn/c1-3-40-29(39)30-14-18(30)9-7-5-4-6-8-10-22(33)28(38)36-16-20(13-24(36)25(37)15-30)41-27-17(2)34-26-21(31)11-19(32)12-23(26)35-27;1-15-25(33-21-10-17(30)9-19(29)24(21)32-15)39-18-11-22-23(35)13-28(27(37)38)12-16(28)7-5-3-2-4-6-8-20(31)26(36)34(22)14-18;;;;;/h7,9,11-12,18,20,22,24H,3-6,8,10,13-16,33H2,1-2H3;5,7,9-10,16,18,20,22H,2-4,6,8,11-14,31H2,1H3,(H,37,38);3*1H3;1H2;/b9-7-;7-5-;;;;;/t18-,20-,22+,24+,30-;16-,18-,20+,22+,28-;;;;;/m11...../s1. The number of allylic oxidation sites excluding steroid dienone is 4. The van der Waals surface area contributed by atoms with Crippen LogP contribution in [0.3, 0.4) is 0 Å². The van der Waals surface area contributed by atoms with Gasteiger partial charge >= 0.3 is 46.5 Å². The van der Waals surface area contributed by atoms with Crippen molar-refractivity contribution in [2.24, 2.45) is 34.1 Å². The summed E-state index contributed by atoms with van der Waals surface area (Å²) in [6.07, 6.45) is 16.2. The monoisotopic (exact) mass is 1420 g/mol. The van der Waals surface area contributed by atoms with Crippen molar-refractivity contribution in [2.45, 2.75) is 175 Å². The molecule has 4 aliphatic heterocycles. The van der Waals surface area contributed by atoms with Gasteiger partial charge in [0.05, 0.1) is 65.7 Å². The number of aromatic nitrogens is 4. The number of ether oxygens (including phenoxy) is 3. The van der Waals surface area contributed by atoms with Crippen LogP contribution in [0.2, 0.25) is 14.8 Å². The number of ketones is 2. The predicted octanol–water partition coefficient (Wildman–Crippen LogP) is 9.20. The molecule has 10 atom stereocenters. The van der Waals surface area contributed by atoms with Gasteiger partial charge < -0.3 is 46.1 Å². The number of hydrogen-bond acceptors (Lipinski definition) is 15. The zero-order chi connectivity index (χ0) is 60.8. The molecule has 4 aromatic rings. The number of rotatable bonds is 7. The Morgan fingerprint density at radius 1 is 0.682 bits per heavy atom. The van der Waals surface area contributed by atoms with Gasteiger partial charge in [-0.2, -0.15) is 0 Å². The molecule has 6 aliphatic rings. The van der Waals surface area contributed by atoms with E-state index in [1.165, 1.54) is 34.1 Å². The first-order chi connectivity index (χ1) is 39.9. The fourth-order valence-corrected chi connectivity index (χ4v) is 12.9. The van der Waals surface area contributed by atoms with Crippen molar-refractivity contribution < 1.29 is 62.3 Å². The summed E-state index contributed by atoms with van der Waals surface area (Å²) in [7, 11) is 0. The molecule has 2 amide bonds. The van der Waals surface area contributed by atoms with Crippen molar-refractivity contribution in [3.05, 3.63) is 80.5 Å². The number of nitrogens with zero attached hydrogens (tertiary/aromatic N) is 6. The third-order valence-corrected chi connectivity index (χ3v) is 17.7. The van der Waals surface area contributed by atoms with Crippen molar-refractivity contribution in [1.29, 1.82) is 0 Å². The number of aliphatic carboxylic acids is 1. The minimum atomic E-state index is -1.14. The summed E-state index contributed by atoms with van der Waals surface area (Å²) in [5, 5.41) is 9.99. The molecular weight excluding hydrogens is 1340 g/mol. The Kier molecular flexibility index (Phi) is 23.2. The summed E-state index contributed by atoms with van der Waals surface area (Å²) >= 11 is 6.09. The Morgan fingerprint density at radius 2 is 1.09 bits per heavy atom. The first kappa shape index (κ1) is 67.4. The van der Waals surface area contributed by atoms with Gasteiger partial charge in [0.1, 0.15) is 46.3 Å². The number of aryl methyl sites for hydroxylation is 2. The topological polar surface area (TPSA) is 292 Å². The van der Waals surface area contributed by atoms with Gasteiger partial charge in [-0.1, -0.05) is 50.0 Å². The summed E-state index contributed by atoms with van der Waals surface area (Å²) in [5.74, 6) is -3.30. The van der Waals surface area contributed by atoms with Gasteiger partial charge in [0, 0.05) is 46.8 Å². The molecule has 1 radical (unpaired) electrons. The van der Waals surface area contributed by atoms with E-state index < -0.39 is 84.6 Å². The zero-order valence-corrected chi connectivity index (χ0v) is 55.2. The van der Waals surface area contributed by atoms with E-state index in [0.29, 0.717) is 68.1 Å². The number of carbonyl (C=O) groups is 6. The zero-order valence-electron chi connectivity index (χ0n) is 49.1. The average Bonchev–Trinajstić information content (AvgIpc) is 1.71. The molecule has 10 rings (SSSR count). The van der Waals surface area contributed by atoms with Crippen LogP contribution in [0.4, 0.5) is 8.78 Å². The molecule has 7 N–H and O–H groups in total. The molecule has 6 heterocycles. The van der Waals surface area contributed by atoms with Gasteiger partial charge in [0.2, 0.25) is 23.6 Å². The molecule has 2 saturated carbocycles. The Labute approximate surface area is 518 Å². The SMILES string of the molecule is CCOC(=O)[C@]12CC(=O)[C@@H]3C[C@@H](Oc4nc5cc(F)cc(Br)c5nc4C)CN3C(=O)[C@@H](N)CCCCC/C=C\[C@@H]1C2.Cc1nc2c(Br)cc(F)cc2nc1O[C@@H]1C[C@H]2C(=O)C[C@]3(C(=O)O)C[C@H]3/C=C\CCCCC[C@H](N)C(=O)N2C1.O.[CH3][Sn]([CH3])[CH3]. The first-order valence-electron chi connectivity index (χ1n) is 29.2. The number of halogens is 4. The van der Waals surface area contributed by atoms with E-state index in [2.05, 4.69) is 72.7 Å². The fraction of sp³-hybridized carbons (Fsp3) is 0.574. The summed E-state index contributed by atoms with van der Waals surface area (Å²) in [5.41, 5.74) is 13.2. The van der Waals surface area contributed by atoms with Gasteiger partial charge in [0.25, 0.3) is 0 Å². The molecule has 2 saturated heterocycles. The molecule has 0 bridgehead atoms. The second-order valence-electron chi connectivity index (χ2n) is 23.8. The summed E-state index contributed by atoms with van der Waals surface area (Å²) in [4.78, 5) is 108. The van der Waals surface area contributed by atoms with E-state index in [9.17, 15) is 42.7 Å².